The van der Waals surface area contributed by atoms with Crippen molar-refractivity contribution in [1.82, 2.24) is 4.90 Å². The number of likely N-dealkylation sites (tertiary alicyclic amines) is 1. The zero-order chi connectivity index (χ0) is 13.5. The van der Waals surface area contributed by atoms with Gasteiger partial charge in [0.25, 0.3) is 0 Å². The van der Waals surface area contributed by atoms with Crippen LogP contribution in [-0.4, -0.2) is 29.8 Å². The van der Waals surface area contributed by atoms with Crippen molar-refractivity contribution in [3.63, 3.8) is 0 Å². The lowest BCUT2D eigenvalue weighted by Gasteiger charge is -2.23. The highest BCUT2D eigenvalue weighted by atomic mass is 16.1. The molecule has 0 spiro atoms. The summed E-state index contributed by atoms with van der Waals surface area (Å²) < 4.78 is 0. The van der Waals surface area contributed by atoms with Crippen LogP contribution in [0.2, 0.25) is 0 Å². The van der Waals surface area contributed by atoms with Crippen molar-refractivity contribution in [2.75, 3.05) is 13.1 Å². The molecule has 1 aliphatic rings. The Morgan fingerprint density at radius 1 is 1.56 bits per heavy atom. The number of nitrogens with two attached hydrogens (primary N) is 1. The summed E-state index contributed by atoms with van der Waals surface area (Å²) in [5.74, 6) is 0.253. The number of carbonyl (C=O) groups is 1. The summed E-state index contributed by atoms with van der Waals surface area (Å²) in [4.78, 5) is 13.8. The Labute approximate surface area is 110 Å². The maximum Gasteiger partial charge on any atom is 0.146 e. The van der Waals surface area contributed by atoms with E-state index in [2.05, 4.69) is 24.5 Å². The number of hydrogen-bond donors (Lipinski definition) is 1. The standard InChI is InChI=1S/C15H24N2O/c1-4-6-8-13(14(16)5-2)11-17-10-7-9-15(17)12(3)18/h5-6,8,15H,2,4,7,9-11,16H2,1,3H3/b8-6-,14-13-. The Bertz CT molecular complexity index is 369. The Hall–Kier alpha value is -1.35. The molecule has 18 heavy (non-hydrogen) atoms. The van der Waals surface area contributed by atoms with Crippen LogP contribution in [0.5, 0.6) is 0 Å². The lowest BCUT2D eigenvalue weighted by atomic mass is 10.1. The summed E-state index contributed by atoms with van der Waals surface area (Å²) >= 11 is 0. The lowest BCUT2D eigenvalue weighted by Crippen LogP contribution is -2.36. The van der Waals surface area contributed by atoms with E-state index < -0.39 is 0 Å². The second-order valence-electron chi connectivity index (χ2n) is 4.73. The molecule has 3 nitrogen and oxygen atoms in total. The molecule has 3 heteroatoms. The van der Waals surface area contributed by atoms with Crippen LogP contribution in [0.1, 0.15) is 33.1 Å². The molecular weight excluding hydrogens is 224 g/mol. The largest absolute Gasteiger partial charge is 0.398 e. The number of carbonyl (C=O) groups excluding carboxylic acids is 1. The molecule has 1 heterocycles. The van der Waals surface area contributed by atoms with Gasteiger partial charge < -0.3 is 5.73 Å². The Morgan fingerprint density at radius 3 is 2.83 bits per heavy atom. The molecule has 0 aromatic heterocycles. The third kappa shape index (κ3) is 3.84. The Morgan fingerprint density at radius 2 is 2.28 bits per heavy atom. The van der Waals surface area contributed by atoms with Crippen molar-refractivity contribution in [3.8, 4) is 0 Å². The summed E-state index contributed by atoms with van der Waals surface area (Å²) in [5.41, 5.74) is 7.71. The van der Waals surface area contributed by atoms with Gasteiger partial charge in [-0.05, 0) is 44.4 Å². The fraction of sp³-hybridized carbons (Fsp3) is 0.533. The van der Waals surface area contributed by atoms with E-state index in [1.54, 1.807) is 13.0 Å². The van der Waals surface area contributed by atoms with Crippen molar-refractivity contribution in [3.05, 3.63) is 36.1 Å². The lowest BCUT2D eigenvalue weighted by molar-refractivity contribution is -0.121. The van der Waals surface area contributed by atoms with Gasteiger partial charge in [-0.25, -0.2) is 0 Å². The minimum atomic E-state index is 0.0626. The van der Waals surface area contributed by atoms with E-state index in [4.69, 9.17) is 5.73 Å². The van der Waals surface area contributed by atoms with Gasteiger partial charge in [-0.3, -0.25) is 9.69 Å². The molecule has 1 atom stereocenters. The number of allylic oxidation sites excluding steroid dienone is 2. The smallest absolute Gasteiger partial charge is 0.146 e. The van der Waals surface area contributed by atoms with Crippen molar-refractivity contribution >= 4 is 5.78 Å². The fourth-order valence-corrected chi connectivity index (χ4v) is 2.33. The molecule has 0 aromatic carbocycles. The van der Waals surface area contributed by atoms with E-state index in [1.807, 2.05) is 6.08 Å². The van der Waals surface area contributed by atoms with E-state index in [0.29, 0.717) is 5.70 Å². The van der Waals surface area contributed by atoms with Crippen LogP contribution in [0.15, 0.2) is 36.1 Å². The molecular formula is C15H24N2O. The molecule has 2 N–H and O–H groups in total. The first-order chi connectivity index (χ1) is 8.60. The minimum Gasteiger partial charge on any atom is -0.398 e. The Balaban J connectivity index is 2.81. The van der Waals surface area contributed by atoms with Crippen molar-refractivity contribution in [1.29, 1.82) is 0 Å². The molecule has 1 aliphatic heterocycles. The zero-order valence-electron chi connectivity index (χ0n) is 11.5. The molecule has 1 unspecified atom stereocenters. The molecule has 0 aliphatic carbocycles. The van der Waals surface area contributed by atoms with Gasteiger partial charge in [-0.15, -0.1) is 0 Å². The van der Waals surface area contributed by atoms with Gasteiger partial charge in [0.1, 0.15) is 5.78 Å². The first kappa shape index (κ1) is 14.7. The van der Waals surface area contributed by atoms with E-state index in [-0.39, 0.29) is 11.8 Å². The van der Waals surface area contributed by atoms with E-state index in [0.717, 1.165) is 37.9 Å². The topological polar surface area (TPSA) is 46.3 Å². The summed E-state index contributed by atoms with van der Waals surface area (Å²) in [7, 11) is 0. The highest BCUT2D eigenvalue weighted by Gasteiger charge is 2.28. The molecule has 1 rings (SSSR count). The second-order valence-corrected chi connectivity index (χ2v) is 4.73. The zero-order valence-corrected chi connectivity index (χ0v) is 11.5. The van der Waals surface area contributed by atoms with E-state index >= 15 is 0 Å². The average Bonchev–Trinajstić information content (AvgIpc) is 2.81. The van der Waals surface area contributed by atoms with Gasteiger partial charge in [0, 0.05) is 12.2 Å². The highest BCUT2D eigenvalue weighted by Crippen LogP contribution is 2.20. The van der Waals surface area contributed by atoms with Crippen LogP contribution >= 0.6 is 0 Å². The highest BCUT2D eigenvalue weighted by molar-refractivity contribution is 5.81. The predicted molar refractivity (Wildman–Crippen MR) is 76.1 cm³/mol. The number of nitrogens with zero attached hydrogens (tertiary/aromatic N) is 1. The molecule has 0 amide bonds. The summed E-state index contributed by atoms with van der Waals surface area (Å²) in [6.07, 6.45) is 8.84. The average molecular weight is 248 g/mol. The minimum absolute atomic E-state index is 0.0626. The summed E-state index contributed by atoms with van der Waals surface area (Å²) in [6.45, 7) is 9.18. The monoisotopic (exact) mass is 248 g/mol. The predicted octanol–water partition coefficient (Wildman–Crippen LogP) is 2.40. The van der Waals surface area contributed by atoms with Gasteiger partial charge in [0.05, 0.1) is 6.04 Å². The van der Waals surface area contributed by atoms with Crippen molar-refractivity contribution in [2.45, 2.75) is 39.2 Å². The van der Waals surface area contributed by atoms with Crippen LogP contribution in [0, 0.1) is 0 Å². The number of Topliss-reactive ketones (excluding diaryl/α,β-unsaturated/α-hetero) is 1. The molecule has 0 saturated carbocycles. The number of hydrogen-bond acceptors (Lipinski definition) is 3. The molecule has 0 aromatic rings. The quantitative estimate of drug-likeness (QED) is 0.734. The fourth-order valence-electron chi connectivity index (χ4n) is 2.33. The van der Waals surface area contributed by atoms with Crippen molar-refractivity contribution < 1.29 is 4.79 Å². The molecule has 100 valence electrons. The van der Waals surface area contributed by atoms with Gasteiger partial charge in [-0.1, -0.05) is 25.7 Å². The van der Waals surface area contributed by atoms with Crippen molar-refractivity contribution in [2.24, 2.45) is 5.73 Å². The van der Waals surface area contributed by atoms with Crippen LogP contribution < -0.4 is 5.73 Å². The van der Waals surface area contributed by atoms with E-state index in [1.165, 1.54) is 0 Å². The van der Waals surface area contributed by atoms with E-state index in [9.17, 15) is 4.79 Å². The molecule has 1 saturated heterocycles. The molecule has 1 fully saturated rings. The van der Waals surface area contributed by atoms with Gasteiger partial charge >= 0.3 is 0 Å². The first-order valence-electron chi connectivity index (χ1n) is 6.62. The van der Waals surface area contributed by atoms with Gasteiger partial charge in [0.2, 0.25) is 0 Å². The Kier molecular flexibility index (Phi) is 5.86. The third-order valence-corrected chi connectivity index (χ3v) is 3.35. The van der Waals surface area contributed by atoms with Gasteiger partial charge in [-0.2, -0.15) is 0 Å². The van der Waals surface area contributed by atoms with Gasteiger partial charge in [0.15, 0.2) is 0 Å². The second kappa shape index (κ2) is 7.17. The summed E-state index contributed by atoms with van der Waals surface area (Å²) in [6, 6.07) is 0.0626. The maximum absolute atomic E-state index is 11.6. The first-order valence-corrected chi connectivity index (χ1v) is 6.62. The number of ketones is 1. The van der Waals surface area contributed by atoms with Crippen LogP contribution in [0.4, 0.5) is 0 Å². The normalized spacial score (nSPS) is 22.2. The maximum atomic E-state index is 11.6. The third-order valence-electron chi connectivity index (χ3n) is 3.35. The van der Waals surface area contributed by atoms with Crippen LogP contribution in [0.3, 0.4) is 0 Å². The molecule has 0 radical (unpaired) electrons. The molecule has 0 bridgehead atoms. The van der Waals surface area contributed by atoms with Crippen LogP contribution in [0.25, 0.3) is 0 Å². The SMILES string of the molecule is C=C/C(N)=C(\C=C/CC)CN1CCCC1C(C)=O. The summed E-state index contributed by atoms with van der Waals surface area (Å²) in [5, 5.41) is 0. The van der Waals surface area contributed by atoms with Crippen LogP contribution in [-0.2, 0) is 4.79 Å². The number of rotatable bonds is 6.